The van der Waals surface area contributed by atoms with Crippen molar-refractivity contribution >= 4 is 41.0 Å². The van der Waals surface area contributed by atoms with Gasteiger partial charge in [0.1, 0.15) is 0 Å². The zero-order valence-corrected chi connectivity index (χ0v) is 10.9. The molecule has 3 aromatic rings. The van der Waals surface area contributed by atoms with Gasteiger partial charge in [-0.3, -0.25) is 0 Å². The summed E-state index contributed by atoms with van der Waals surface area (Å²) in [6, 6.07) is 18.9. The first-order valence-corrected chi connectivity index (χ1v) is 7.58. The van der Waals surface area contributed by atoms with Crippen LogP contribution in [0.4, 0.5) is 0 Å². The quantitative estimate of drug-likeness (QED) is 0.510. The summed E-state index contributed by atoms with van der Waals surface area (Å²) in [5, 5.41) is 16.0. The van der Waals surface area contributed by atoms with Crippen molar-refractivity contribution in [2.24, 2.45) is 0 Å². The fourth-order valence-electron chi connectivity index (χ4n) is 2.19. The normalized spacial score (nSPS) is 11.1. The Hall–Kier alpha value is -1.34. The maximum absolute atomic E-state index is 11.0. The molecule has 0 N–H and O–H groups in total. The second kappa shape index (κ2) is 4.50. The van der Waals surface area contributed by atoms with Gasteiger partial charge in [-0.2, -0.15) is 0 Å². The molecule has 0 bridgehead atoms. The molecule has 0 saturated carbocycles. The predicted octanol–water partition coefficient (Wildman–Crippen LogP) is 2.71. The Balaban J connectivity index is 2.47. The molecule has 1 radical (unpaired) electrons. The molecule has 0 fully saturated rings. The van der Waals surface area contributed by atoms with Crippen LogP contribution in [0.5, 0.6) is 0 Å². The van der Waals surface area contributed by atoms with E-state index in [9.17, 15) is 5.11 Å². The van der Waals surface area contributed by atoms with Crippen LogP contribution in [0.2, 0.25) is 0 Å². The van der Waals surface area contributed by atoms with Gasteiger partial charge < -0.3 is 0 Å². The van der Waals surface area contributed by atoms with Crippen LogP contribution < -0.4 is 4.46 Å². The third-order valence-corrected chi connectivity index (χ3v) is 4.70. The van der Waals surface area contributed by atoms with Gasteiger partial charge in [-0.15, -0.1) is 0 Å². The van der Waals surface area contributed by atoms with Gasteiger partial charge in [-0.1, -0.05) is 0 Å². The molecular formula is C15H11OSe. The van der Waals surface area contributed by atoms with Crippen molar-refractivity contribution in [2.45, 2.75) is 0 Å². The monoisotopic (exact) mass is 287 g/mol. The Bertz CT molecular complexity index is 622. The third kappa shape index (κ3) is 1.85. The molecule has 0 aliphatic rings. The van der Waals surface area contributed by atoms with E-state index in [-0.39, 0.29) is 20.5 Å². The fourth-order valence-corrected chi connectivity index (χ4v) is 3.87. The van der Waals surface area contributed by atoms with Gasteiger partial charge in [0, 0.05) is 0 Å². The summed E-state index contributed by atoms with van der Waals surface area (Å²) < 4.78 is 1.25. The zero-order chi connectivity index (χ0) is 11.7. The Morgan fingerprint density at radius 1 is 0.824 bits per heavy atom. The summed E-state index contributed by atoms with van der Waals surface area (Å²) >= 11 is 0.0144. The van der Waals surface area contributed by atoms with Crippen LogP contribution in [0.25, 0.3) is 21.5 Å². The minimum absolute atomic E-state index is 0.00496. The Kier molecular flexibility index (Phi) is 2.86. The summed E-state index contributed by atoms with van der Waals surface area (Å²) in [5.74, 6) is 0. The van der Waals surface area contributed by atoms with Crippen LogP contribution in [0.3, 0.4) is 0 Å². The molecular weight excluding hydrogens is 275 g/mol. The first-order chi connectivity index (χ1) is 8.40. The van der Waals surface area contributed by atoms with Gasteiger partial charge >= 0.3 is 106 Å². The first kappa shape index (κ1) is 10.8. The Morgan fingerprint density at radius 2 is 1.35 bits per heavy atom. The van der Waals surface area contributed by atoms with Gasteiger partial charge in [0.05, 0.1) is 0 Å². The van der Waals surface area contributed by atoms with E-state index in [0.717, 1.165) is 0 Å². The van der Waals surface area contributed by atoms with E-state index in [1.165, 1.54) is 26.0 Å². The van der Waals surface area contributed by atoms with Crippen molar-refractivity contribution < 1.29 is 5.11 Å². The van der Waals surface area contributed by atoms with Crippen molar-refractivity contribution in [3.05, 3.63) is 54.6 Å². The summed E-state index contributed by atoms with van der Waals surface area (Å²) in [4.78, 5) is 0. The molecule has 1 nitrogen and oxygen atoms in total. The molecule has 0 saturated heterocycles. The van der Waals surface area contributed by atoms with Crippen molar-refractivity contribution in [2.75, 3.05) is 5.51 Å². The van der Waals surface area contributed by atoms with Crippen LogP contribution >= 0.6 is 0 Å². The molecule has 3 aromatic carbocycles. The molecule has 3 rings (SSSR count). The average Bonchev–Trinajstić information content (AvgIpc) is 2.39. The molecule has 2 heteroatoms. The topological polar surface area (TPSA) is 19.9 Å². The second-order valence-electron chi connectivity index (χ2n) is 3.91. The van der Waals surface area contributed by atoms with Gasteiger partial charge in [0.15, 0.2) is 0 Å². The fraction of sp³-hybridized carbons (Fsp3) is 0.0667. The Morgan fingerprint density at radius 3 is 1.88 bits per heavy atom. The number of hydrogen-bond donors (Lipinski definition) is 0. The summed E-state index contributed by atoms with van der Waals surface area (Å²) in [6.45, 7) is 0. The van der Waals surface area contributed by atoms with Crippen LogP contribution in [-0.2, 0) is 5.11 Å². The zero-order valence-electron chi connectivity index (χ0n) is 9.22. The summed E-state index contributed by atoms with van der Waals surface area (Å²) in [7, 11) is 0. The van der Waals surface area contributed by atoms with Crippen molar-refractivity contribution in [1.82, 2.24) is 0 Å². The Labute approximate surface area is 106 Å². The molecule has 0 spiro atoms. The van der Waals surface area contributed by atoms with E-state index in [1.54, 1.807) is 0 Å². The summed E-state index contributed by atoms with van der Waals surface area (Å²) in [5.41, 5.74) is 0.00496. The van der Waals surface area contributed by atoms with Crippen LogP contribution in [-0.4, -0.2) is 20.5 Å². The third-order valence-electron chi connectivity index (χ3n) is 2.93. The van der Waals surface area contributed by atoms with E-state index >= 15 is 0 Å². The van der Waals surface area contributed by atoms with E-state index in [4.69, 9.17) is 0 Å². The van der Waals surface area contributed by atoms with Gasteiger partial charge in [-0.25, -0.2) is 0 Å². The molecule has 0 heterocycles. The van der Waals surface area contributed by atoms with Crippen LogP contribution in [0.1, 0.15) is 0 Å². The van der Waals surface area contributed by atoms with E-state index in [2.05, 4.69) is 30.3 Å². The molecule has 0 aromatic heterocycles. The van der Waals surface area contributed by atoms with E-state index < -0.39 is 0 Å². The van der Waals surface area contributed by atoms with Crippen molar-refractivity contribution in [3.63, 3.8) is 0 Å². The molecule has 0 aliphatic heterocycles. The minimum atomic E-state index is 0.00496. The SMILES string of the molecule is [O]C[Se]c1c2ccccc2cc2ccccc12. The second-order valence-corrected chi connectivity index (χ2v) is 5.87. The van der Waals surface area contributed by atoms with Gasteiger partial charge in [-0.05, 0) is 0 Å². The predicted molar refractivity (Wildman–Crippen MR) is 72.4 cm³/mol. The average molecular weight is 286 g/mol. The molecule has 0 atom stereocenters. The van der Waals surface area contributed by atoms with Crippen molar-refractivity contribution in [3.8, 4) is 0 Å². The number of benzene rings is 3. The number of hydrogen-bond acceptors (Lipinski definition) is 0. The standard InChI is InChI=1S/C15H11OSe/c16-10-17-15-13-7-3-1-5-11(13)9-12-6-2-4-8-14(12)15/h1-9H,10H2. The van der Waals surface area contributed by atoms with Gasteiger partial charge in [0.2, 0.25) is 0 Å². The van der Waals surface area contributed by atoms with Crippen molar-refractivity contribution in [1.29, 1.82) is 0 Å². The molecule has 17 heavy (non-hydrogen) atoms. The number of rotatable bonds is 2. The first-order valence-electron chi connectivity index (χ1n) is 5.51. The summed E-state index contributed by atoms with van der Waals surface area (Å²) in [6.07, 6.45) is 0. The molecule has 0 unspecified atom stereocenters. The molecule has 0 aliphatic carbocycles. The maximum atomic E-state index is 11.0. The van der Waals surface area contributed by atoms with Crippen LogP contribution in [0, 0.1) is 0 Å². The molecule has 0 amide bonds. The molecule has 83 valence electrons. The van der Waals surface area contributed by atoms with E-state index in [0.29, 0.717) is 0 Å². The van der Waals surface area contributed by atoms with Crippen LogP contribution in [0.15, 0.2) is 54.6 Å². The van der Waals surface area contributed by atoms with Gasteiger partial charge in [0.25, 0.3) is 0 Å². The number of fused-ring (bicyclic) bond motifs is 2. The van der Waals surface area contributed by atoms with E-state index in [1.807, 2.05) is 24.3 Å².